The number of aliphatic hydroxyl groups excluding tert-OH is 1. The van der Waals surface area contributed by atoms with Crippen LogP contribution in [0.5, 0.6) is 0 Å². The summed E-state index contributed by atoms with van der Waals surface area (Å²) < 4.78 is 0. The smallest absolute Gasteiger partial charge is 0.116 e. The van der Waals surface area contributed by atoms with Gasteiger partial charge in [0.15, 0.2) is 0 Å². The fourth-order valence-electron chi connectivity index (χ4n) is 0.949. The zero-order chi connectivity index (χ0) is 8.43. The van der Waals surface area contributed by atoms with Gasteiger partial charge in [-0.1, -0.05) is 29.3 Å². The first-order chi connectivity index (χ1) is 5.15. The number of rotatable bonds is 2. The van der Waals surface area contributed by atoms with E-state index in [0.717, 1.165) is 0 Å². The molecule has 4 heteroatoms. The number of allylic oxidation sites excluding steroid dienone is 2. The predicted molar refractivity (Wildman–Crippen MR) is 46.4 cm³/mol. The average Bonchev–Trinajstić information content (AvgIpc) is 2.28. The van der Waals surface area contributed by atoms with Crippen LogP contribution in [0.25, 0.3) is 0 Å². The van der Waals surface area contributed by atoms with E-state index in [0.29, 0.717) is 10.1 Å². The summed E-state index contributed by atoms with van der Waals surface area (Å²) >= 11 is 11.4. The van der Waals surface area contributed by atoms with Gasteiger partial charge in [-0.05, 0) is 13.1 Å². The van der Waals surface area contributed by atoms with Crippen molar-refractivity contribution >= 4 is 23.2 Å². The van der Waals surface area contributed by atoms with Crippen LogP contribution in [0.1, 0.15) is 0 Å². The Balaban J connectivity index is 2.69. The quantitative estimate of drug-likeness (QED) is 0.651. The molecule has 0 saturated carbocycles. The highest BCUT2D eigenvalue weighted by molar-refractivity contribution is 6.36. The van der Waals surface area contributed by atoms with Crippen molar-refractivity contribution in [1.82, 2.24) is 5.32 Å². The topological polar surface area (TPSA) is 32.3 Å². The monoisotopic (exact) mass is 193 g/mol. The first kappa shape index (κ1) is 9.07. The van der Waals surface area contributed by atoms with Crippen molar-refractivity contribution in [3.63, 3.8) is 0 Å². The van der Waals surface area contributed by atoms with Gasteiger partial charge in [-0.2, -0.15) is 0 Å². The summed E-state index contributed by atoms with van der Waals surface area (Å²) in [6, 6.07) is 0. The molecule has 0 aromatic rings. The zero-order valence-corrected chi connectivity index (χ0v) is 7.52. The lowest BCUT2D eigenvalue weighted by Gasteiger charge is -2.15. The van der Waals surface area contributed by atoms with Crippen LogP contribution in [0, 0.1) is 5.92 Å². The SMILES string of the molecule is CNC(O)C1C=C(Cl)C=C1Cl. The second kappa shape index (κ2) is 3.59. The summed E-state index contributed by atoms with van der Waals surface area (Å²) in [5, 5.41) is 13.1. The summed E-state index contributed by atoms with van der Waals surface area (Å²) in [6.45, 7) is 0. The van der Waals surface area contributed by atoms with Crippen molar-refractivity contribution in [2.24, 2.45) is 5.92 Å². The molecule has 0 spiro atoms. The number of hydrogen-bond acceptors (Lipinski definition) is 2. The minimum atomic E-state index is -0.657. The van der Waals surface area contributed by atoms with E-state index in [1.54, 1.807) is 19.2 Å². The van der Waals surface area contributed by atoms with Crippen molar-refractivity contribution in [2.45, 2.75) is 6.23 Å². The molecule has 2 nitrogen and oxygen atoms in total. The Kier molecular flexibility index (Phi) is 2.96. The minimum Gasteiger partial charge on any atom is -0.378 e. The van der Waals surface area contributed by atoms with Crippen molar-refractivity contribution in [3.05, 3.63) is 22.2 Å². The van der Waals surface area contributed by atoms with E-state index in [9.17, 15) is 5.11 Å². The third-order valence-corrected chi connectivity index (χ3v) is 2.17. The summed E-state index contributed by atoms with van der Waals surface area (Å²) in [6.07, 6.45) is 2.69. The largest absolute Gasteiger partial charge is 0.378 e. The second-order valence-electron chi connectivity index (χ2n) is 2.34. The van der Waals surface area contributed by atoms with Gasteiger partial charge < -0.3 is 5.11 Å². The van der Waals surface area contributed by atoms with E-state index in [1.807, 2.05) is 0 Å². The second-order valence-corrected chi connectivity index (χ2v) is 3.21. The Hall–Kier alpha value is -0.0200. The van der Waals surface area contributed by atoms with Crippen molar-refractivity contribution in [3.8, 4) is 0 Å². The lowest BCUT2D eigenvalue weighted by molar-refractivity contribution is 0.121. The molecule has 2 atom stereocenters. The van der Waals surface area contributed by atoms with Crippen LogP contribution in [0.2, 0.25) is 0 Å². The molecule has 1 aliphatic carbocycles. The molecular weight excluding hydrogens is 185 g/mol. The third kappa shape index (κ3) is 1.97. The van der Waals surface area contributed by atoms with Crippen LogP contribution in [0.15, 0.2) is 22.2 Å². The van der Waals surface area contributed by atoms with E-state index in [-0.39, 0.29) is 5.92 Å². The fourth-order valence-corrected chi connectivity index (χ4v) is 1.56. The van der Waals surface area contributed by atoms with Crippen molar-refractivity contribution < 1.29 is 5.11 Å². The molecule has 11 heavy (non-hydrogen) atoms. The molecule has 0 radical (unpaired) electrons. The molecule has 0 aromatic heterocycles. The van der Waals surface area contributed by atoms with Gasteiger partial charge in [0.1, 0.15) is 6.23 Å². The number of aliphatic hydroxyl groups is 1. The van der Waals surface area contributed by atoms with Crippen LogP contribution in [-0.4, -0.2) is 18.4 Å². The van der Waals surface area contributed by atoms with Gasteiger partial charge in [0.25, 0.3) is 0 Å². The van der Waals surface area contributed by atoms with Gasteiger partial charge in [-0.25, -0.2) is 0 Å². The number of hydrogen-bond donors (Lipinski definition) is 2. The molecule has 1 aliphatic rings. The molecule has 0 aromatic carbocycles. The highest BCUT2D eigenvalue weighted by atomic mass is 35.5. The molecule has 0 aliphatic heterocycles. The Morgan fingerprint density at radius 2 is 2.27 bits per heavy atom. The van der Waals surface area contributed by atoms with E-state index in [1.165, 1.54) is 0 Å². The minimum absolute atomic E-state index is 0.200. The molecule has 62 valence electrons. The normalized spacial score (nSPS) is 26.4. The highest BCUT2D eigenvalue weighted by Crippen LogP contribution is 2.30. The standard InChI is InChI=1S/C7H9Cl2NO/c1-10-7(11)5-2-4(8)3-6(5)9/h2-3,5,7,10-11H,1H3. The third-order valence-electron chi connectivity index (χ3n) is 1.57. The van der Waals surface area contributed by atoms with Gasteiger partial charge in [0.05, 0.1) is 5.92 Å². The summed E-state index contributed by atoms with van der Waals surface area (Å²) in [5.74, 6) is -0.200. The summed E-state index contributed by atoms with van der Waals surface area (Å²) in [5.41, 5.74) is 0. The summed E-state index contributed by atoms with van der Waals surface area (Å²) in [7, 11) is 1.66. The molecule has 0 fully saturated rings. The molecule has 0 amide bonds. The van der Waals surface area contributed by atoms with E-state index in [4.69, 9.17) is 23.2 Å². The van der Waals surface area contributed by atoms with E-state index < -0.39 is 6.23 Å². The summed E-state index contributed by atoms with van der Waals surface area (Å²) in [4.78, 5) is 0. The fraction of sp³-hybridized carbons (Fsp3) is 0.429. The number of halogens is 2. The van der Waals surface area contributed by atoms with Crippen molar-refractivity contribution in [1.29, 1.82) is 0 Å². The van der Waals surface area contributed by atoms with Gasteiger partial charge in [-0.3, -0.25) is 5.32 Å². The number of nitrogens with one attached hydrogen (secondary N) is 1. The Bertz CT molecular complexity index is 212. The maximum atomic E-state index is 9.31. The highest BCUT2D eigenvalue weighted by Gasteiger charge is 2.22. The Labute approximate surface area is 75.5 Å². The molecule has 2 unspecified atom stereocenters. The van der Waals surface area contributed by atoms with Gasteiger partial charge >= 0.3 is 0 Å². The molecule has 1 rings (SSSR count). The van der Waals surface area contributed by atoms with Gasteiger partial charge in [0, 0.05) is 10.1 Å². The zero-order valence-electron chi connectivity index (χ0n) is 6.01. The predicted octanol–water partition coefficient (Wildman–Crippen LogP) is 1.40. The molecule has 0 heterocycles. The van der Waals surface area contributed by atoms with Crippen LogP contribution >= 0.6 is 23.2 Å². The van der Waals surface area contributed by atoms with E-state index in [2.05, 4.69) is 5.32 Å². The van der Waals surface area contributed by atoms with Crippen LogP contribution in [-0.2, 0) is 0 Å². The van der Waals surface area contributed by atoms with E-state index >= 15 is 0 Å². The Morgan fingerprint density at radius 3 is 2.64 bits per heavy atom. The molecule has 0 bridgehead atoms. The van der Waals surface area contributed by atoms with Gasteiger partial charge in [-0.15, -0.1) is 0 Å². The van der Waals surface area contributed by atoms with Crippen LogP contribution in [0.3, 0.4) is 0 Å². The lowest BCUT2D eigenvalue weighted by Crippen LogP contribution is -2.31. The molecular formula is C7H9Cl2NO. The first-order valence-corrected chi connectivity index (χ1v) is 4.00. The first-order valence-electron chi connectivity index (χ1n) is 3.25. The molecule has 0 saturated heterocycles. The maximum absolute atomic E-state index is 9.31. The van der Waals surface area contributed by atoms with Gasteiger partial charge in [0.2, 0.25) is 0 Å². The lowest BCUT2D eigenvalue weighted by atomic mass is 10.1. The maximum Gasteiger partial charge on any atom is 0.116 e. The Morgan fingerprint density at radius 1 is 1.64 bits per heavy atom. The molecule has 2 N–H and O–H groups in total. The van der Waals surface area contributed by atoms with Crippen molar-refractivity contribution in [2.75, 3.05) is 7.05 Å². The average molecular weight is 194 g/mol. The van der Waals surface area contributed by atoms with Crippen LogP contribution in [0.4, 0.5) is 0 Å². The van der Waals surface area contributed by atoms with Crippen LogP contribution < -0.4 is 5.32 Å².